The number of anilines is 2. The Morgan fingerprint density at radius 3 is 2.77 bits per heavy atom. The summed E-state index contributed by atoms with van der Waals surface area (Å²) in [6, 6.07) is 9.83. The highest BCUT2D eigenvalue weighted by Gasteiger charge is 2.10. The first-order chi connectivity index (χ1) is 10.7. The van der Waals surface area contributed by atoms with E-state index in [0.29, 0.717) is 12.5 Å². The van der Waals surface area contributed by atoms with Crippen LogP contribution in [0.15, 0.2) is 36.5 Å². The highest BCUT2D eigenvalue weighted by atomic mass is 32.1. The Balaban J connectivity index is 1.89. The fourth-order valence-electron chi connectivity index (χ4n) is 2.22. The van der Waals surface area contributed by atoms with Crippen LogP contribution in [-0.2, 0) is 6.54 Å². The van der Waals surface area contributed by atoms with Gasteiger partial charge in [0.1, 0.15) is 0 Å². The zero-order valence-corrected chi connectivity index (χ0v) is 13.3. The number of rotatable bonds is 4. The number of nitrogens with zero attached hydrogens (tertiary/aromatic N) is 3. The molecule has 0 aliphatic carbocycles. The summed E-state index contributed by atoms with van der Waals surface area (Å²) in [7, 11) is 0. The Morgan fingerprint density at radius 2 is 2.05 bits per heavy atom. The Bertz CT molecular complexity index is 797. The zero-order valence-electron chi connectivity index (χ0n) is 12.5. The molecule has 112 valence electrons. The highest BCUT2D eigenvalue weighted by Crippen LogP contribution is 2.28. The zero-order chi connectivity index (χ0) is 15.5. The van der Waals surface area contributed by atoms with Gasteiger partial charge in [0.25, 0.3) is 0 Å². The molecule has 3 rings (SSSR count). The fourth-order valence-corrected chi connectivity index (χ4v) is 3.11. The van der Waals surface area contributed by atoms with Crippen LogP contribution in [0.5, 0.6) is 0 Å². The third-order valence-corrected chi connectivity index (χ3v) is 4.31. The molecule has 0 atom stereocenters. The van der Waals surface area contributed by atoms with Crippen LogP contribution in [0, 0.1) is 13.8 Å². The predicted molar refractivity (Wildman–Crippen MR) is 90.2 cm³/mol. The van der Waals surface area contributed by atoms with E-state index >= 15 is 0 Å². The minimum absolute atomic E-state index is 0.510. The van der Waals surface area contributed by atoms with Gasteiger partial charge in [0, 0.05) is 18.4 Å². The van der Waals surface area contributed by atoms with E-state index < -0.39 is 0 Å². The van der Waals surface area contributed by atoms with Gasteiger partial charge in [0.15, 0.2) is 0 Å². The number of hydrogen-bond donors (Lipinski definition) is 2. The van der Waals surface area contributed by atoms with Crippen molar-refractivity contribution in [2.75, 3.05) is 5.32 Å². The summed E-state index contributed by atoms with van der Waals surface area (Å²) in [5.41, 5.74) is 9.54. The van der Waals surface area contributed by atoms with Gasteiger partial charge < -0.3 is 11.1 Å². The van der Waals surface area contributed by atoms with Gasteiger partial charge in [-0.15, -0.1) is 11.3 Å². The largest absolute Gasteiger partial charge is 0.326 e. The molecule has 0 aliphatic heterocycles. The molecule has 3 N–H and O–H groups in total. The quantitative estimate of drug-likeness (QED) is 0.772. The van der Waals surface area contributed by atoms with E-state index in [1.54, 1.807) is 17.5 Å². The van der Waals surface area contributed by atoms with Gasteiger partial charge >= 0.3 is 0 Å². The average molecular weight is 311 g/mol. The van der Waals surface area contributed by atoms with Crippen LogP contribution in [0.25, 0.3) is 10.6 Å². The first kappa shape index (κ1) is 14.6. The monoisotopic (exact) mass is 311 g/mol. The van der Waals surface area contributed by atoms with Gasteiger partial charge in [-0.05, 0) is 37.6 Å². The lowest BCUT2D eigenvalue weighted by Crippen LogP contribution is -2.00. The summed E-state index contributed by atoms with van der Waals surface area (Å²) in [5, 5.41) is 4.26. The van der Waals surface area contributed by atoms with Crippen molar-refractivity contribution in [3.05, 3.63) is 52.8 Å². The fraction of sp³-hybridized carbons (Fsp3) is 0.188. The summed E-state index contributed by atoms with van der Waals surface area (Å²) in [5.74, 6) is 0.567. The van der Waals surface area contributed by atoms with Crippen molar-refractivity contribution >= 4 is 23.0 Å². The lowest BCUT2D eigenvalue weighted by atomic mass is 10.2. The molecular weight excluding hydrogens is 294 g/mol. The van der Waals surface area contributed by atoms with E-state index in [1.165, 1.54) is 0 Å². The van der Waals surface area contributed by atoms with Gasteiger partial charge in [-0.25, -0.2) is 15.0 Å². The maximum Gasteiger partial charge on any atom is 0.227 e. The van der Waals surface area contributed by atoms with Crippen molar-refractivity contribution in [2.45, 2.75) is 20.4 Å². The lowest BCUT2D eigenvalue weighted by molar-refractivity contribution is 1.07. The third kappa shape index (κ3) is 3.13. The van der Waals surface area contributed by atoms with E-state index in [9.17, 15) is 0 Å². The normalized spacial score (nSPS) is 10.7. The molecule has 0 saturated carbocycles. The SMILES string of the molecule is Cc1nc(C)c(-c2ccnc(Nc3cccc(CN)c3)n2)s1. The van der Waals surface area contributed by atoms with Crippen molar-refractivity contribution in [1.82, 2.24) is 15.0 Å². The molecule has 0 fully saturated rings. The second-order valence-electron chi connectivity index (χ2n) is 4.94. The van der Waals surface area contributed by atoms with Crippen molar-refractivity contribution in [2.24, 2.45) is 5.73 Å². The number of benzene rings is 1. The molecule has 3 aromatic rings. The Kier molecular flexibility index (Phi) is 4.13. The van der Waals surface area contributed by atoms with E-state index in [1.807, 2.05) is 44.2 Å². The van der Waals surface area contributed by atoms with Crippen molar-refractivity contribution in [3.63, 3.8) is 0 Å². The maximum absolute atomic E-state index is 5.67. The summed E-state index contributed by atoms with van der Waals surface area (Å²) >= 11 is 1.64. The number of nitrogens with one attached hydrogen (secondary N) is 1. The summed E-state index contributed by atoms with van der Waals surface area (Å²) < 4.78 is 0. The van der Waals surface area contributed by atoms with Crippen LogP contribution < -0.4 is 11.1 Å². The van der Waals surface area contributed by atoms with E-state index in [0.717, 1.165) is 32.5 Å². The Labute approximate surface area is 133 Å². The summed E-state index contributed by atoms with van der Waals surface area (Å²) in [6.45, 7) is 4.51. The molecule has 2 aromatic heterocycles. The predicted octanol–water partition coefficient (Wildman–Crippen LogP) is 3.42. The standard InChI is InChI=1S/C16H17N5S/c1-10-15(22-11(2)19-10)14-6-7-18-16(21-14)20-13-5-3-4-12(8-13)9-17/h3-8H,9,17H2,1-2H3,(H,18,20,21). The topological polar surface area (TPSA) is 76.7 Å². The number of thiazole rings is 1. The van der Waals surface area contributed by atoms with Gasteiger partial charge in [-0.2, -0.15) is 0 Å². The molecule has 0 bridgehead atoms. The first-order valence-corrected chi connectivity index (χ1v) is 7.81. The van der Waals surface area contributed by atoms with Crippen LogP contribution in [-0.4, -0.2) is 15.0 Å². The van der Waals surface area contributed by atoms with Crippen LogP contribution in [0.1, 0.15) is 16.3 Å². The van der Waals surface area contributed by atoms with Gasteiger partial charge in [0.2, 0.25) is 5.95 Å². The molecule has 0 radical (unpaired) electrons. The maximum atomic E-state index is 5.67. The molecule has 1 aromatic carbocycles. The minimum atomic E-state index is 0.510. The molecule has 22 heavy (non-hydrogen) atoms. The molecule has 5 nitrogen and oxygen atoms in total. The second-order valence-corrected chi connectivity index (χ2v) is 6.15. The number of aromatic nitrogens is 3. The van der Waals surface area contributed by atoms with E-state index in [2.05, 4.69) is 20.3 Å². The number of hydrogen-bond acceptors (Lipinski definition) is 6. The Hall–Kier alpha value is -2.31. The van der Waals surface area contributed by atoms with E-state index in [-0.39, 0.29) is 0 Å². The molecule has 2 heterocycles. The summed E-state index contributed by atoms with van der Waals surface area (Å²) in [4.78, 5) is 14.4. The Morgan fingerprint density at radius 1 is 1.18 bits per heavy atom. The molecule has 0 aliphatic rings. The summed E-state index contributed by atoms with van der Waals surface area (Å²) in [6.07, 6.45) is 1.76. The van der Waals surface area contributed by atoms with Crippen molar-refractivity contribution in [3.8, 4) is 10.6 Å². The molecule has 6 heteroatoms. The van der Waals surface area contributed by atoms with Crippen molar-refractivity contribution < 1.29 is 0 Å². The van der Waals surface area contributed by atoms with Crippen molar-refractivity contribution in [1.29, 1.82) is 0 Å². The average Bonchev–Trinajstić information content (AvgIpc) is 2.86. The van der Waals surface area contributed by atoms with Crippen LogP contribution in [0.4, 0.5) is 11.6 Å². The highest BCUT2D eigenvalue weighted by molar-refractivity contribution is 7.15. The van der Waals surface area contributed by atoms with Crippen LogP contribution in [0.3, 0.4) is 0 Å². The molecule has 0 amide bonds. The molecule has 0 unspecified atom stereocenters. The second kappa shape index (κ2) is 6.21. The van der Waals surface area contributed by atoms with E-state index in [4.69, 9.17) is 5.73 Å². The van der Waals surface area contributed by atoms with Gasteiger partial charge in [0.05, 0.1) is 21.3 Å². The van der Waals surface area contributed by atoms with Gasteiger partial charge in [-0.1, -0.05) is 12.1 Å². The molecule has 0 saturated heterocycles. The third-order valence-electron chi connectivity index (χ3n) is 3.21. The first-order valence-electron chi connectivity index (χ1n) is 6.99. The lowest BCUT2D eigenvalue weighted by Gasteiger charge is -2.07. The molecular formula is C16H17N5S. The number of nitrogens with two attached hydrogens (primary N) is 1. The molecule has 0 spiro atoms. The van der Waals surface area contributed by atoms with Crippen LogP contribution >= 0.6 is 11.3 Å². The number of aryl methyl sites for hydroxylation is 2. The van der Waals surface area contributed by atoms with Crippen LogP contribution in [0.2, 0.25) is 0 Å². The minimum Gasteiger partial charge on any atom is -0.326 e. The smallest absolute Gasteiger partial charge is 0.227 e. The van der Waals surface area contributed by atoms with Gasteiger partial charge in [-0.3, -0.25) is 0 Å².